The number of aromatic nitrogens is 8. The number of nitrogens with one attached hydrogen (secondary N) is 1. The number of carbonyl (C=O) groups excluding carboxylic acids is 1. The topological polar surface area (TPSA) is 120 Å². The molecule has 168 valence electrons. The third-order valence-corrected chi connectivity index (χ3v) is 5.74. The van der Waals surface area contributed by atoms with Crippen LogP contribution in [0.5, 0.6) is 0 Å². The van der Waals surface area contributed by atoms with Crippen molar-refractivity contribution in [3.63, 3.8) is 0 Å². The Bertz CT molecular complexity index is 1300. The summed E-state index contributed by atoms with van der Waals surface area (Å²) in [6, 6.07) is 1.76. The van der Waals surface area contributed by atoms with Crippen LogP contribution in [-0.2, 0) is 20.6 Å². The molecule has 4 aromatic rings. The predicted molar refractivity (Wildman–Crippen MR) is 119 cm³/mol. The first-order valence-electron chi connectivity index (χ1n) is 10.6. The third kappa shape index (κ3) is 3.81. The minimum atomic E-state index is -0.229. The lowest BCUT2D eigenvalue weighted by Crippen LogP contribution is -2.29. The lowest BCUT2D eigenvalue weighted by molar-refractivity contribution is 0.0782. The zero-order valence-corrected chi connectivity index (χ0v) is 18.7. The summed E-state index contributed by atoms with van der Waals surface area (Å²) in [7, 11) is 3.64. The maximum Gasteiger partial charge on any atom is 0.278 e. The van der Waals surface area contributed by atoms with Crippen LogP contribution in [0.25, 0.3) is 22.6 Å². The number of fused-ring (bicyclic) bond motifs is 1. The van der Waals surface area contributed by atoms with Gasteiger partial charge in [0.1, 0.15) is 11.5 Å². The number of amides is 1. The van der Waals surface area contributed by atoms with Crippen LogP contribution in [-0.4, -0.2) is 63.0 Å². The Hall–Kier alpha value is -3.76. The van der Waals surface area contributed by atoms with E-state index in [0.717, 1.165) is 43.7 Å². The molecule has 0 atom stereocenters. The molecule has 11 heteroatoms. The van der Waals surface area contributed by atoms with Gasteiger partial charge in [0.2, 0.25) is 0 Å². The second-order valence-corrected chi connectivity index (χ2v) is 7.70. The van der Waals surface area contributed by atoms with Gasteiger partial charge in [-0.1, -0.05) is 0 Å². The molecule has 0 unspecified atom stereocenters. The average molecular weight is 438 g/mol. The van der Waals surface area contributed by atoms with Gasteiger partial charge in [-0.25, -0.2) is 9.97 Å². The van der Waals surface area contributed by atoms with Crippen molar-refractivity contribution in [3.05, 3.63) is 46.5 Å². The van der Waals surface area contributed by atoms with Gasteiger partial charge in [0.25, 0.3) is 11.5 Å². The lowest BCUT2D eigenvalue weighted by atomic mass is 10.2. The minimum Gasteiger partial charge on any atom is -0.337 e. The van der Waals surface area contributed by atoms with E-state index in [2.05, 4.69) is 25.1 Å². The number of hydrogen-bond donors (Lipinski definition) is 1. The fraction of sp³-hybridized carbons (Fsp3) is 0.429. The van der Waals surface area contributed by atoms with Crippen LogP contribution in [0, 0.1) is 6.92 Å². The van der Waals surface area contributed by atoms with Crippen molar-refractivity contribution in [1.29, 1.82) is 0 Å². The molecule has 0 aliphatic carbocycles. The summed E-state index contributed by atoms with van der Waals surface area (Å²) >= 11 is 0. The number of imidazole rings is 1. The Kier molecular flexibility index (Phi) is 5.89. The van der Waals surface area contributed by atoms with Crippen molar-refractivity contribution in [2.75, 3.05) is 13.1 Å². The molecule has 5 rings (SSSR count). The van der Waals surface area contributed by atoms with Gasteiger partial charge >= 0.3 is 0 Å². The van der Waals surface area contributed by atoms with Crippen LogP contribution in [0.4, 0.5) is 0 Å². The molecule has 1 amide bonds. The summed E-state index contributed by atoms with van der Waals surface area (Å²) in [4.78, 5) is 36.5. The average Bonchev–Trinajstić information content (AvgIpc) is 3.57. The Morgan fingerprint density at radius 2 is 1.94 bits per heavy atom. The largest absolute Gasteiger partial charge is 0.337 e. The molecular weight excluding hydrogens is 410 g/mol. The highest BCUT2D eigenvalue weighted by molar-refractivity contribution is 5.92. The second-order valence-electron chi connectivity index (χ2n) is 7.70. The molecule has 4 aromatic heterocycles. The van der Waals surface area contributed by atoms with Gasteiger partial charge in [0.15, 0.2) is 11.2 Å². The molecule has 0 bridgehead atoms. The van der Waals surface area contributed by atoms with Crippen LogP contribution in [0.3, 0.4) is 0 Å². The van der Waals surface area contributed by atoms with Crippen molar-refractivity contribution in [1.82, 2.24) is 44.0 Å². The fourth-order valence-electron chi connectivity index (χ4n) is 3.90. The van der Waals surface area contributed by atoms with E-state index < -0.39 is 0 Å². The molecule has 1 aliphatic rings. The van der Waals surface area contributed by atoms with Crippen LogP contribution < -0.4 is 5.56 Å². The maximum absolute atomic E-state index is 11.8. The molecule has 0 saturated carbocycles. The van der Waals surface area contributed by atoms with Crippen LogP contribution in [0.15, 0.2) is 29.6 Å². The second kappa shape index (κ2) is 8.77. The summed E-state index contributed by atoms with van der Waals surface area (Å²) in [5.74, 6) is 0.814. The van der Waals surface area contributed by atoms with Crippen molar-refractivity contribution in [3.8, 4) is 11.4 Å². The van der Waals surface area contributed by atoms with Gasteiger partial charge in [-0.05, 0) is 32.8 Å². The van der Waals surface area contributed by atoms with E-state index >= 15 is 0 Å². The number of H-pyrrole nitrogens is 1. The maximum atomic E-state index is 11.8. The van der Waals surface area contributed by atoms with E-state index in [-0.39, 0.29) is 11.5 Å². The molecule has 1 N–H and O–H groups in total. The monoisotopic (exact) mass is 437 g/mol. The Morgan fingerprint density at radius 1 is 1.19 bits per heavy atom. The highest BCUT2D eigenvalue weighted by Gasteiger charge is 2.21. The van der Waals surface area contributed by atoms with E-state index in [1.807, 2.05) is 35.0 Å². The summed E-state index contributed by atoms with van der Waals surface area (Å²) in [6.07, 6.45) is 7.07. The Morgan fingerprint density at radius 3 is 2.53 bits per heavy atom. The first-order chi connectivity index (χ1) is 15.4. The normalized spacial score (nSPS) is 13.4. The van der Waals surface area contributed by atoms with Gasteiger partial charge < -0.3 is 14.5 Å². The highest BCUT2D eigenvalue weighted by atomic mass is 16.2. The molecule has 1 saturated heterocycles. The van der Waals surface area contributed by atoms with Crippen LogP contribution in [0.2, 0.25) is 0 Å². The molecule has 11 nitrogen and oxygen atoms in total. The summed E-state index contributed by atoms with van der Waals surface area (Å²) < 4.78 is 5.33. The summed E-state index contributed by atoms with van der Waals surface area (Å²) in [5, 5.41) is 8.28. The number of rotatable bonds is 3. The molecule has 0 spiro atoms. The number of likely N-dealkylation sites (tertiary alicyclic amines) is 1. The number of nitrogens with zero attached hydrogens (tertiary/aromatic N) is 8. The van der Waals surface area contributed by atoms with Gasteiger partial charge in [0.05, 0.1) is 18.1 Å². The fourth-order valence-corrected chi connectivity index (χ4v) is 3.90. The van der Waals surface area contributed by atoms with Crippen molar-refractivity contribution < 1.29 is 4.79 Å². The predicted octanol–water partition coefficient (Wildman–Crippen LogP) is 1.50. The van der Waals surface area contributed by atoms with Gasteiger partial charge in [-0.15, -0.1) is 0 Å². The van der Waals surface area contributed by atoms with Crippen LogP contribution in [0.1, 0.15) is 35.9 Å². The smallest absolute Gasteiger partial charge is 0.278 e. The number of aromatic amines is 1. The molecule has 0 radical (unpaired) electrons. The van der Waals surface area contributed by atoms with Gasteiger partial charge in [-0.2, -0.15) is 10.2 Å². The van der Waals surface area contributed by atoms with Crippen molar-refractivity contribution in [2.24, 2.45) is 14.1 Å². The molecule has 1 fully saturated rings. The molecule has 0 aromatic carbocycles. The molecule has 5 heterocycles. The van der Waals surface area contributed by atoms with E-state index in [1.165, 1.54) is 6.33 Å². The van der Waals surface area contributed by atoms with Gasteiger partial charge in [-0.3, -0.25) is 19.0 Å². The van der Waals surface area contributed by atoms with Crippen molar-refractivity contribution >= 4 is 17.1 Å². The lowest BCUT2D eigenvalue weighted by Gasteiger charge is -2.14. The van der Waals surface area contributed by atoms with E-state index in [0.29, 0.717) is 22.7 Å². The quantitative estimate of drug-likeness (QED) is 0.519. The Balaban J connectivity index is 0.000000165. The first kappa shape index (κ1) is 21.5. The molecule has 1 aliphatic heterocycles. The Labute approximate surface area is 184 Å². The third-order valence-electron chi connectivity index (χ3n) is 5.74. The zero-order valence-electron chi connectivity index (χ0n) is 18.7. The number of carbonyl (C=O) groups is 1. The first-order valence-corrected chi connectivity index (χ1v) is 10.6. The van der Waals surface area contributed by atoms with Crippen LogP contribution >= 0.6 is 0 Å². The summed E-state index contributed by atoms with van der Waals surface area (Å²) in [5.41, 5.74) is 3.32. The standard InChI is InChI=1S/C12H14N6O.C9H13N3O/c1-4-18-7(2)8(5-15-18)10-16-9-11(17(10)3)13-6-14-12(9)19;1-11-8(4-5-10-11)9(13)12-6-2-3-7-12/h5-6H,4H2,1-3H3,(H,13,14,19);4-5H,2-3,6-7H2,1H3. The van der Waals surface area contributed by atoms with E-state index in [4.69, 9.17) is 0 Å². The molecule has 32 heavy (non-hydrogen) atoms. The number of hydrogen-bond acceptors (Lipinski definition) is 6. The van der Waals surface area contributed by atoms with Crippen molar-refractivity contribution in [2.45, 2.75) is 33.2 Å². The highest BCUT2D eigenvalue weighted by Crippen LogP contribution is 2.23. The van der Waals surface area contributed by atoms with E-state index in [9.17, 15) is 9.59 Å². The zero-order chi connectivity index (χ0) is 22.8. The number of aryl methyl sites for hydroxylation is 3. The molecular formula is C21H27N9O2. The summed E-state index contributed by atoms with van der Waals surface area (Å²) in [6.45, 7) is 6.61. The minimum absolute atomic E-state index is 0.109. The van der Waals surface area contributed by atoms with E-state index in [1.54, 1.807) is 30.2 Å². The van der Waals surface area contributed by atoms with Gasteiger partial charge in [0, 0.05) is 45.6 Å². The SMILES string of the molecule is CCn1ncc(-c2nc3c(=O)[nH]cnc3n2C)c1C.Cn1nccc1C(=O)N1CCCC1.